The Kier molecular flexibility index (Phi) is 4.48. The highest BCUT2D eigenvalue weighted by Crippen LogP contribution is 2.26. The summed E-state index contributed by atoms with van der Waals surface area (Å²) in [5.74, 6) is -1.04. The van der Waals surface area contributed by atoms with Crippen LogP contribution in [0.3, 0.4) is 0 Å². The summed E-state index contributed by atoms with van der Waals surface area (Å²) in [6.07, 6.45) is -1.61. The molecule has 3 rings (SSSR count). The van der Waals surface area contributed by atoms with Gasteiger partial charge in [-0.1, -0.05) is 0 Å². The number of hydrogen-bond acceptors (Lipinski definition) is 5. The number of rotatable bonds is 3. The fraction of sp³-hybridized carbons (Fsp3) is 0.571. The molecule has 0 unspecified atom stereocenters. The van der Waals surface area contributed by atoms with Crippen molar-refractivity contribution < 1.29 is 27.2 Å². The number of piperidine rings is 1. The zero-order chi connectivity index (χ0) is 18.2. The third-order valence-electron chi connectivity index (χ3n) is 4.22. The highest BCUT2D eigenvalue weighted by molar-refractivity contribution is 6.02. The summed E-state index contributed by atoms with van der Waals surface area (Å²) in [7, 11) is 0. The largest absolute Gasteiger partial charge is 0.406 e. The lowest BCUT2D eigenvalue weighted by atomic mass is 10.0. The van der Waals surface area contributed by atoms with Crippen LogP contribution in [0, 0.1) is 5.82 Å². The second kappa shape index (κ2) is 6.45. The van der Waals surface area contributed by atoms with E-state index in [2.05, 4.69) is 9.97 Å². The maximum atomic E-state index is 12.8. The van der Waals surface area contributed by atoms with E-state index in [0.29, 0.717) is 31.9 Å². The first-order valence-corrected chi connectivity index (χ1v) is 7.65. The molecule has 1 aromatic heterocycles. The number of imide groups is 1. The van der Waals surface area contributed by atoms with Crippen molar-refractivity contribution >= 4 is 17.9 Å². The molecule has 2 aliphatic rings. The maximum Gasteiger partial charge on any atom is 0.406 e. The van der Waals surface area contributed by atoms with Crippen molar-refractivity contribution in [2.75, 3.05) is 31.1 Å². The van der Waals surface area contributed by atoms with Crippen LogP contribution in [0.4, 0.5) is 28.3 Å². The lowest BCUT2D eigenvalue weighted by molar-refractivity contribution is -0.151. The van der Waals surface area contributed by atoms with Crippen molar-refractivity contribution in [2.45, 2.75) is 25.1 Å². The first-order valence-electron chi connectivity index (χ1n) is 7.65. The summed E-state index contributed by atoms with van der Waals surface area (Å²) in [6, 6.07) is -1.23. The highest BCUT2D eigenvalue weighted by Gasteiger charge is 2.45. The summed E-state index contributed by atoms with van der Waals surface area (Å²) in [6.45, 7) is -1.00. The van der Waals surface area contributed by atoms with Gasteiger partial charge in [-0.2, -0.15) is 13.2 Å². The molecule has 0 bridgehead atoms. The second-order valence-corrected chi connectivity index (χ2v) is 5.93. The highest BCUT2D eigenvalue weighted by atomic mass is 19.4. The summed E-state index contributed by atoms with van der Waals surface area (Å²) in [5.41, 5.74) is 0. The molecule has 0 aromatic carbocycles. The molecule has 136 valence electrons. The molecule has 7 nitrogen and oxygen atoms in total. The lowest BCUT2D eigenvalue weighted by Crippen LogP contribution is -2.47. The first-order chi connectivity index (χ1) is 11.7. The number of hydrogen-bond donors (Lipinski definition) is 0. The Labute approximate surface area is 140 Å². The van der Waals surface area contributed by atoms with Gasteiger partial charge in [0.15, 0.2) is 5.82 Å². The van der Waals surface area contributed by atoms with Crippen molar-refractivity contribution in [3.8, 4) is 0 Å². The van der Waals surface area contributed by atoms with Crippen LogP contribution in [0.15, 0.2) is 12.4 Å². The molecular weight excluding hydrogens is 346 g/mol. The quantitative estimate of drug-likeness (QED) is 0.602. The monoisotopic (exact) mass is 361 g/mol. The molecular formula is C14H15F4N5O2. The van der Waals surface area contributed by atoms with Crippen molar-refractivity contribution in [2.24, 2.45) is 0 Å². The topological polar surface area (TPSA) is 69.6 Å². The van der Waals surface area contributed by atoms with Crippen LogP contribution in [0.25, 0.3) is 0 Å². The molecule has 11 heteroatoms. The van der Waals surface area contributed by atoms with Crippen LogP contribution in [0.5, 0.6) is 0 Å². The zero-order valence-electron chi connectivity index (χ0n) is 13.0. The Morgan fingerprint density at radius 3 is 2.28 bits per heavy atom. The molecule has 2 fully saturated rings. The van der Waals surface area contributed by atoms with Crippen molar-refractivity contribution in [3.05, 3.63) is 18.2 Å². The number of amides is 3. The first kappa shape index (κ1) is 17.4. The summed E-state index contributed by atoms with van der Waals surface area (Å²) < 4.78 is 50.3. The smallest absolute Gasteiger partial charge is 0.341 e. The SMILES string of the molecule is O=C1CN(C2CCN(c3ncc(F)cn3)CC2)C(=O)N1CC(F)(F)F. The van der Waals surface area contributed by atoms with E-state index in [1.165, 1.54) is 4.90 Å². The van der Waals surface area contributed by atoms with Gasteiger partial charge in [0.25, 0.3) is 5.91 Å². The molecule has 2 saturated heterocycles. The second-order valence-electron chi connectivity index (χ2n) is 5.93. The standard InChI is InChI=1S/C14H15F4N5O2/c15-9-5-19-12(20-6-9)21-3-1-10(2-4-21)22-7-11(24)23(13(22)25)8-14(16,17)18/h5-6,10H,1-4,7-8H2. The molecule has 3 amide bonds. The van der Waals surface area contributed by atoms with E-state index in [4.69, 9.17) is 0 Å². The molecule has 0 atom stereocenters. The molecule has 2 aliphatic heterocycles. The number of carbonyl (C=O) groups is 2. The van der Waals surface area contributed by atoms with Gasteiger partial charge >= 0.3 is 12.2 Å². The van der Waals surface area contributed by atoms with E-state index in [9.17, 15) is 27.2 Å². The van der Waals surface area contributed by atoms with Gasteiger partial charge in [-0.15, -0.1) is 0 Å². The Hall–Kier alpha value is -2.46. The summed E-state index contributed by atoms with van der Waals surface area (Å²) in [4.78, 5) is 34.8. The average molecular weight is 361 g/mol. The Morgan fingerprint density at radius 2 is 1.72 bits per heavy atom. The van der Waals surface area contributed by atoms with Crippen LogP contribution in [0.1, 0.15) is 12.8 Å². The van der Waals surface area contributed by atoms with E-state index in [0.717, 1.165) is 12.4 Å². The molecule has 3 heterocycles. The average Bonchev–Trinajstić information content (AvgIpc) is 2.83. The minimum atomic E-state index is -4.62. The van der Waals surface area contributed by atoms with E-state index < -0.39 is 30.5 Å². The van der Waals surface area contributed by atoms with E-state index in [1.807, 2.05) is 0 Å². The normalized spacial score (nSPS) is 19.9. The predicted molar refractivity (Wildman–Crippen MR) is 77.1 cm³/mol. The van der Waals surface area contributed by atoms with Crippen molar-refractivity contribution in [3.63, 3.8) is 0 Å². The Morgan fingerprint density at radius 1 is 1.12 bits per heavy atom. The van der Waals surface area contributed by atoms with Gasteiger partial charge in [0, 0.05) is 19.1 Å². The number of anilines is 1. The Balaban J connectivity index is 1.60. The summed E-state index contributed by atoms with van der Waals surface area (Å²) >= 11 is 0. The van der Waals surface area contributed by atoms with Crippen molar-refractivity contribution in [1.82, 2.24) is 19.8 Å². The van der Waals surface area contributed by atoms with Gasteiger partial charge in [0.05, 0.1) is 12.4 Å². The molecule has 1 aromatic rings. The van der Waals surface area contributed by atoms with Gasteiger partial charge in [0.2, 0.25) is 5.95 Å². The van der Waals surface area contributed by atoms with Crippen LogP contribution in [-0.2, 0) is 4.79 Å². The van der Waals surface area contributed by atoms with E-state index in [1.54, 1.807) is 4.90 Å². The van der Waals surface area contributed by atoms with Crippen LogP contribution >= 0.6 is 0 Å². The van der Waals surface area contributed by atoms with Gasteiger partial charge in [-0.05, 0) is 12.8 Å². The third-order valence-corrected chi connectivity index (χ3v) is 4.22. The predicted octanol–water partition coefficient (Wildman–Crippen LogP) is 1.41. The number of aromatic nitrogens is 2. The molecule has 0 N–H and O–H groups in total. The van der Waals surface area contributed by atoms with Crippen LogP contribution in [-0.4, -0.2) is 70.1 Å². The number of urea groups is 1. The molecule has 25 heavy (non-hydrogen) atoms. The van der Waals surface area contributed by atoms with E-state index in [-0.39, 0.29) is 17.5 Å². The van der Waals surface area contributed by atoms with Crippen molar-refractivity contribution in [1.29, 1.82) is 0 Å². The maximum absolute atomic E-state index is 12.8. The van der Waals surface area contributed by atoms with Gasteiger partial charge in [0.1, 0.15) is 13.1 Å². The lowest BCUT2D eigenvalue weighted by Gasteiger charge is -2.36. The molecule has 0 saturated carbocycles. The van der Waals surface area contributed by atoms with Crippen LogP contribution in [0.2, 0.25) is 0 Å². The summed E-state index contributed by atoms with van der Waals surface area (Å²) in [5, 5.41) is 0. The third kappa shape index (κ3) is 3.80. The van der Waals surface area contributed by atoms with Crippen LogP contribution < -0.4 is 4.90 Å². The number of alkyl halides is 3. The minimum absolute atomic E-state index is 0.245. The molecule has 0 radical (unpaired) electrons. The van der Waals surface area contributed by atoms with Gasteiger partial charge in [-0.25, -0.2) is 19.2 Å². The zero-order valence-corrected chi connectivity index (χ0v) is 13.0. The number of carbonyl (C=O) groups excluding carboxylic acids is 2. The fourth-order valence-electron chi connectivity index (χ4n) is 3.03. The number of nitrogens with zero attached hydrogens (tertiary/aromatic N) is 5. The molecule has 0 aliphatic carbocycles. The Bertz CT molecular complexity index is 658. The van der Waals surface area contributed by atoms with Gasteiger partial charge < -0.3 is 9.80 Å². The van der Waals surface area contributed by atoms with E-state index >= 15 is 0 Å². The molecule has 0 spiro atoms. The number of halogens is 4. The van der Waals surface area contributed by atoms with Gasteiger partial charge in [-0.3, -0.25) is 9.69 Å². The fourth-order valence-corrected chi connectivity index (χ4v) is 3.03. The minimum Gasteiger partial charge on any atom is -0.341 e.